The fourth-order valence-corrected chi connectivity index (χ4v) is 4.75. The van der Waals surface area contributed by atoms with E-state index in [9.17, 15) is 4.79 Å². The number of carbonyl (C=O) groups is 1. The van der Waals surface area contributed by atoms with Crippen LogP contribution in [-0.4, -0.2) is 60.2 Å². The molecule has 9 nitrogen and oxygen atoms in total. The molecule has 0 fully saturated rings. The van der Waals surface area contributed by atoms with Gasteiger partial charge in [0, 0.05) is 16.1 Å². The van der Waals surface area contributed by atoms with Crippen LogP contribution < -0.4 is 19.6 Å². The first-order valence-electron chi connectivity index (χ1n) is 11.5. The quantitative estimate of drug-likeness (QED) is 0.160. The topological polar surface area (TPSA) is 99.9 Å². The Morgan fingerprint density at radius 2 is 1.66 bits per heavy atom. The molecule has 0 aliphatic rings. The van der Waals surface area contributed by atoms with Gasteiger partial charge in [0.1, 0.15) is 0 Å². The number of carbonyl (C=O) groups excluding carboxylic acids is 1. The molecular formula is C27H27N5O4S2. The first kappa shape index (κ1) is 27.1. The molecule has 0 unspecified atom stereocenters. The molecule has 4 aromatic rings. The Morgan fingerprint density at radius 1 is 0.974 bits per heavy atom. The molecule has 11 heteroatoms. The van der Waals surface area contributed by atoms with E-state index in [2.05, 4.69) is 20.7 Å². The summed E-state index contributed by atoms with van der Waals surface area (Å²) in [5.74, 6) is 1.88. The summed E-state index contributed by atoms with van der Waals surface area (Å²) in [6, 6.07) is 21.2. The summed E-state index contributed by atoms with van der Waals surface area (Å²) in [5.41, 5.74) is 5.02. The van der Waals surface area contributed by atoms with E-state index in [0.29, 0.717) is 33.8 Å². The highest BCUT2D eigenvalue weighted by atomic mass is 32.2. The zero-order chi connectivity index (χ0) is 26.9. The van der Waals surface area contributed by atoms with Crippen LogP contribution in [0, 0.1) is 0 Å². The second-order valence-electron chi connectivity index (χ2n) is 7.75. The molecule has 38 heavy (non-hydrogen) atoms. The Morgan fingerprint density at radius 3 is 2.26 bits per heavy atom. The Balaban J connectivity index is 1.56. The second-order valence-corrected chi connectivity index (χ2v) is 9.57. The van der Waals surface area contributed by atoms with Crippen molar-refractivity contribution in [2.75, 3.05) is 33.3 Å². The lowest BCUT2D eigenvalue weighted by molar-refractivity contribution is -0.118. The average Bonchev–Trinajstić information content (AvgIpc) is 3.40. The van der Waals surface area contributed by atoms with Gasteiger partial charge in [-0.3, -0.25) is 9.36 Å². The van der Waals surface area contributed by atoms with Gasteiger partial charge in [-0.2, -0.15) is 5.10 Å². The van der Waals surface area contributed by atoms with Crippen molar-refractivity contribution in [1.29, 1.82) is 0 Å². The summed E-state index contributed by atoms with van der Waals surface area (Å²) in [4.78, 5) is 13.7. The van der Waals surface area contributed by atoms with Gasteiger partial charge >= 0.3 is 0 Å². The maximum atomic E-state index is 12.5. The molecule has 196 valence electrons. The van der Waals surface area contributed by atoms with Crippen molar-refractivity contribution in [3.8, 4) is 34.3 Å². The number of para-hydroxylation sites is 1. The maximum absolute atomic E-state index is 12.5. The smallest absolute Gasteiger partial charge is 0.250 e. The van der Waals surface area contributed by atoms with Crippen molar-refractivity contribution in [1.82, 2.24) is 20.2 Å². The largest absolute Gasteiger partial charge is 0.493 e. The number of nitrogens with one attached hydrogen (secondary N) is 1. The first-order valence-corrected chi connectivity index (χ1v) is 13.7. The number of hydrogen-bond donors (Lipinski definition) is 1. The van der Waals surface area contributed by atoms with Gasteiger partial charge in [0.05, 0.1) is 33.3 Å². The van der Waals surface area contributed by atoms with Crippen LogP contribution in [0.5, 0.6) is 17.2 Å². The minimum atomic E-state index is -0.260. The molecule has 1 amide bonds. The number of rotatable bonds is 11. The third-order valence-electron chi connectivity index (χ3n) is 5.42. The van der Waals surface area contributed by atoms with E-state index in [1.165, 1.54) is 11.8 Å². The third-order valence-corrected chi connectivity index (χ3v) is 7.09. The lowest BCUT2D eigenvalue weighted by Crippen LogP contribution is -2.20. The van der Waals surface area contributed by atoms with Gasteiger partial charge in [-0.15, -0.1) is 22.0 Å². The molecule has 0 bridgehead atoms. The van der Waals surface area contributed by atoms with Gasteiger partial charge < -0.3 is 14.2 Å². The zero-order valence-electron chi connectivity index (χ0n) is 21.4. The summed E-state index contributed by atoms with van der Waals surface area (Å²) in [6.07, 6.45) is 3.63. The van der Waals surface area contributed by atoms with E-state index in [0.717, 1.165) is 16.1 Å². The molecule has 1 heterocycles. The molecule has 3 aromatic carbocycles. The SMILES string of the molecule is COc1cc(-c2nnc(SCC(=O)N/N=C\c3ccc(SC)cc3)n2-c2ccccc2)cc(OC)c1OC. The van der Waals surface area contributed by atoms with E-state index in [1.54, 1.807) is 39.3 Å². The van der Waals surface area contributed by atoms with Crippen LogP contribution in [0.3, 0.4) is 0 Å². The van der Waals surface area contributed by atoms with Crippen molar-refractivity contribution >= 4 is 35.6 Å². The molecule has 4 rings (SSSR count). The summed E-state index contributed by atoms with van der Waals surface area (Å²) in [5, 5.41) is 13.4. The van der Waals surface area contributed by atoms with Crippen molar-refractivity contribution in [2.45, 2.75) is 10.1 Å². The fraction of sp³-hybridized carbons (Fsp3) is 0.185. The Kier molecular flexibility index (Phi) is 9.28. The number of hydrogen-bond acceptors (Lipinski definition) is 9. The molecule has 0 aliphatic carbocycles. The van der Waals surface area contributed by atoms with Gasteiger partial charge in [0.25, 0.3) is 5.91 Å². The number of methoxy groups -OCH3 is 3. The highest BCUT2D eigenvalue weighted by molar-refractivity contribution is 7.99. The molecular weight excluding hydrogens is 522 g/mol. The van der Waals surface area contributed by atoms with E-state index in [4.69, 9.17) is 14.2 Å². The normalized spacial score (nSPS) is 10.9. The lowest BCUT2D eigenvalue weighted by atomic mass is 10.1. The second kappa shape index (κ2) is 13.0. The number of hydrazone groups is 1. The number of amides is 1. The fourth-order valence-electron chi connectivity index (χ4n) is 3.60. The molecule has 0 spiro atoms. The highest BCUT2D eigenvalue weighted by Gasteiger charge is 2.21. The summed E-state index contributed by atoms with van der Waals surface area (Å²) >= 11 is 2.93. The molecule has 1 N–H and O–H groups in total. The van der Waals surface area contributed by atoms with Crippen LogP contribution in [0.2, 0.25) is 0 Å². The highest BCUT2D eigenvalue weighted by Crippen LogP contribution is 2.41. The number of thioether (sulfide) groups is 2. The van der Waals surface area contributed by atoms with Gasteiger partial charge in [-0.1, -0.05) is 42.1 Å². The Hall–Kier alpha value is -3.96. The molecule has 0 saturated carbocycles. The van der Waals surface area contributed by atoms with Gasteiger partial charge in [0.15, 0.2) is 22.5 Å². The first-order chi connectivity index (χ1) is 18.6. The van der Waals surface area contributed by atoms with Gasteiger partial charge in [-0.25, -0.2) is 5.43 Å². The molecule has 0 atom stereocenters. The summed E-state index contributed by atoms with van der Waals surface area (Å²) in [6.45, 7) is 0. The van der Waals surface area contributed by atoms with Crippen molar-refractivity contribution in [2.24, 2.45) is 5.10 Å². The Bertz CT molecular complexity index is 1380. The van der Waals surface area contributed by atoms with Crippen LogP contribution >= 0.6 is 23.5 Å². The molecule has 0 radical (unpaired) electrons. The van der Waals surface area contributed by atoms with E-state index in [1.807, 2.05) is 77.6 Å². The maximum Gasteiger partial charge on any atom is 0.250 e. The predicted molar refractivity (Wildman–Crippen MR) is 151 cm³/mol. The van der Waals surface area contributed by atoms with Gasteiger partial charge in [0.2, 0.25) is 5.75 Å². The molecule has 1 aromatic heterocycles. The van der Waals surface area contributed by atoms with E-state index >= 15 is 0 Å². The summed E-state index contributed by atoms with van der Waals surface area (Å²) in [7, 11) is 4.67. The standard InChI is InChI=1S/C27H27N5O4S2/c1-34-22-14-19(15-23(35-2)25(22)36-3)26-30-31-27(32(26)20-8-6-5-7-9-20)38-17-24(33)29-28-16-18-10-12-21(37-4)13-11-18/h5-16H,17H2,1-4H3,(H,29,33)/b28-16-. The zero-order valence-corrected chi connectivity index (χ0v) is 23.0. The number of nitrogens with zero attached hydrogens (tertiary/aromatic N) is 4. The van der Waals surface area contributed by atoms with Crippen molar-refractivity contribution in [3.05, 3.63) is 72.3 Å². The number of ether oxygens (including phenoxy) is 3. The predicted octanol–water partition coefficient (Wildman–Crippen LogP) is 4.92. The van der Waals surface area contributed by atoms with Crippen LogP contribution in [-0.2, 0) is 4.79 Å². The van der Waals surface area contributed by atoms with Crippen LogP contribution in [0.25, 0.3) is 17.1 Å². The average molecular weight is 550 g/mol. The number of aromatic nitrogens is 3. The lowest BCUT2D eigenvalue weighted by Gasteiger charge is -2.15. The van der Waals surface area contributed by atoms with Crippen LogP contribution in [0.4, 0.5) is 0 Å². The summed E-state index contributed by atoms with van der Waals surface area (Å²) < 4.78 is 18.4. The number of benzene rings is 3. The minimum Gasteiger partial charge on any atom is -0.493 e. The molecule has 0 aliphatic heterocycles. The van der Waals surface area contributed by atoms with Crippen LogP contribution in [0.1, 0.15) is 5.56 Å². The Labute approximate surface area is 229 Å². The van der Waals surface area contributed by atoms with Crippen molar-refractivity contribution < 1.29 is 19.0 Å². The van der Waals surface area contributed by atoms with Crippen molar-refractivity contribution in [3.63, 3.8) is 0 Å². The van der Waals surface area contributed by atoms with E-state index in [-0.39, 0.29) is 11.7 Å². The van der Waals surface area contributed by atoms with E-state index < -0.39 is 0 Å². The van der Waals surface area contributed by atoms with Gasteiger partial charge in [-0.05, 0) is 48.2 Å². The molecule has 0 saturated heterocycles. The van der Waals surface area contributed by atoms with Crippen LogP contribution in [0.15, 0.2) is 81.9 Å². The third kappa shape index (κ3) is 6.29. The minimum absolute atomic E-state index is 0.100. The monoisotopic (exact) mass is 549 g/mol.